The SMILES string of the molecule is C1=COCC1.OC1COC(O)CO1.[2H]C1=CCCO1.[2H][C@]12OCC[C@H]1[C@@H](O)CO2.[CH2-]CCC.[Li+]. The molecular formula is C22H39LiO9. The zero-order valence-corrected chi connectivity index (χ0v) is 19.3. The maximum Gasteiger partial charge on any atom is 1.00 e. The minimum atomic E-state index is -1.22. The van der Waals surface area contributed by atoms with Gasteiger partial charge in [0.25, 0.3) is 0 Å². The zero-order chi connectivity index (χ0) is 24.5. The maximum atomic E-state index is 9.24. The number of rotatable bonds is 1. The molecule has 0 saturated carbocycles. The molecule has 0 aliphatic carbocycles. The van der Waals surface area contributed by atoms with Crippen LogP contribution in [-0.4, -0.2) is 79.9 Å². The first kappa shape index (κ1) is 27.6. The molecule has 5 heterocycles. The van der Waals surface area contributed by atoms with Gasteiger partial charge >= 0.3 is 18.9 Å². The maximum absolute atomic E-state index is 9.24. The molecule has 0 aromatic rings. The summed E-state index contributed by atoms with van der Waals surface area (Å²) in [6, 6.07) is 0. The van der Waals surface area contributed by atoms with Crippen LogP contribution in [0.2, 0.25) is 0 Å². The fourth-order valence-corrected chi connectivity index (χ4v) is 2.41. The Morgan fingerprint density at radius 2 is 1.56 bits per heavy atom. The predicted molar refractivity (Wildman–Crippen MR) is 113 cm³/mol. The summed E-state index contributed by atoms with van der Waals surface area (Å²) in [7, 11) is 0. The molecule has 0 aromatic carbocycles. The molecule has 0 amide bonds. The first-order chi connectivity index (χ1) is 15.8. The Balaban J connectivity index is 0.000000413. The molecule has 0 bridgehead atoms. The molecular weight excluding hydrogens is 415 g/mol. The van der Waals surface area contributed by atoms with Crippen molar-refractivity contribution in [2.24, 2.45) is 5.92 Å². The standard InChI is InChI=1S/C6H10O3.C4H8O4.2C4H6O.C4H9.Li/c7-5-3-9-6-4(5)1-2-8-6;5-3-1-7-4(6)2-8-3;2*1-2-4-5-3-1;1-3-4-2;/h4-7H,1-3H2;3-6H,1-2H2;2*1,3H,2,4H2;1,3-4H2,2H3;/q;;;;-1;+1/t4-,5-,6+;;;;;/m0...../s1/i6D;;3D;;;. The van der Waals surface area contributed by atoms with Gasteiger partial charge < -0.3 is 50.7 Å². The Bertz CT molecular complexity index is 544. The minimum Gasteiger partial charge on any atom is -0.501 e. The van der Waals surface area contributed by atoms with Gasteiger partial charge in [-0.25, -0.2) is 0 Å². The van der Waals surface area contributed by atoms with E-state index < -0.39 is 25.0 Å². The average molecular weight is 456 g/mol. The van der Waals surface area contributed by atoms with E-state index in [1.54, 1.807) is 12.3 Å². The first-order valence-electron chi connectivity index (χ1n) is 11.7. The van der Waals surface area contributed by atoms with Gasteiger partial charge in [-0.05, 0) is 18.6 Å². The van der Waals surface area contributed by atoms with Crippen LogP contribution in [0.25, 0.3) is 0 Å². The third kappa shape index (κ3) is 15.3. The van der Waals surface area contributed by atoms with Gasteiger partial charge in [0.2, 0.25) is 0 Å². The second kappa shape index (κ2) is 21.0. The van der Waals surface area contributed by atoms with Gasteiger partial charge in [0.15, 0.2) is 18.8 Å². The fraction of sp³-hybridized carbons (Fsp3) is 0.773. The molecule has 0 aromatic heterocycles. The second-order valence-electron chi connectivity index (χ2n) is 6.86. The molecule has 5 aliphatic rings. The van der Waals surface area contributed by atoms with Gasteiger partial charge in [-0.3, -0.25) is 0 Å². The van der Waals surface area contributed by atoms with E-state index in [0.29, 0.717) is 19.5 Å². The van der Waals surface area contributed by atoms with Crippen LogP contribution in [0.3, 0.4) is 0 Å². The van der Waals surface area contributed by atoms with Crippen LogP contribution in [0.15, 0.2) is 24.7 Å². The Kier molecular flexibility index (Phi) is 18.1. The Morgan fingerprint density at radius 3 is 1.91 bits per heavy atom. The molecule has 32 heavy (non-hydrogen) atoms. The van der Waals surface area contributed by atoms with Crippen molar-refractivity contribution in [3.05, 3.63) is 31.6 Å². The van der Waals surface area contributed by atoms with Crippen LogP contribution in [0.5, 0.6) is 0 Å². The Labute approximate surface area is 206 Å². The first-order valence-corrected chi connectivity index (χ1v) is 10.7. The number of ether oxygens (including phenoxy) is 6. The molecule has 5 rings (SSSR count). The third-order valence-corrected chi connectivity index (χ3v) is 4.18. The van der Waals surface area contributed by atoms with Gasteiger partial charge in [0.1, 0.15) is 14.6 Å². The van der Waals surface area contributed by atoms with Crippen molar-refractivity contribution in [3.8, 4) is 0 Å². The van der Waals surface area contributed by atoms with Crippen molar-refractivity contribution in [1.82, 2.24) is 0 Å². The van der Waals surface area contributed by atoms with E-state index in [4.69, 9.17) is 27.2 Å². The number of hydrogen-bond acceptors (Lipinski definition) is 9. The molecule has 182 valence electrons. The summed E-state index contributed by atoms with van der Waals surface area (Å²) < 4.78 is 42.9. The molecule has 2 unspecified atom stereocenters. The van der Waals surface area contributed by atoms with Crippen molar-refractivity contribution in [3.63, 3.8) is 0 Å². The van der Waals surface area contributed by atoms with Crippen LogP contribution in [0.4, 0.5) is 0 Å². The van der Waals surface area contributed by atoms with E-state index in [9.17, 15) is 5.11 Å². The van der Waals surface area contributed by atoms with E-state index in [0.717, 1.165) is 32.3 Å². The minimum absolute atomic E-state index is 0. The molecule has 0 radical (unpaired) electrons. The smallest absolute Gasteiger partial charge is 0.501 e. The zero-order valence-electron chi connectivity index (χ0n) is 21.3. The summed E-state index contributed by atoms with van der Waals surface area (Å²) in [6.45, 7) is 8.21. The number of fused-ring (bicyclic) bond motifs is 1. The van der Waals surface area contributed by atoms with Crippen molar-refractivity contribution in [2.75, 3.05) is 39.6 Å². The summed E-state index contributed by atoms with van der Waals surface area (Å²) >= 11 is 0. The molecule has 0 spiro atoms. The van der Waals surface area contributed by atoms with Crippen LogP contribution in [-0.2, 0) is 28.4 Å². The van der Waals surface area contributed by atoms with Gasteiger partial charge in [0, 0.05) is 18.8 Å². The number of aliphatic hydroxyl groups excluding tert-OH is 3. The van der Waals surface area contributed by atoms with Gasteiger partial charge in [-0.2, -0.15) is 6.42 Å². The quantitative estimate of drug-likeness (QED) is 0.333. The second-order valence-corrected chi connectivity index (χ2v) is 6.86. The molecule has 5 aliphatic heterocycles. The predicted octanol–water partition coefficient (Wildman–Crippen LogP) is -1.12. The number of hydrogen-bond donors (Lipinski definition) is 3. The van der Waals surface area contributed by atoms with E-state index in [-0.39, 0.29) is 44.6 Å². The monoisotopic (exact) mass is 456 g/mol. The molecule has 10 heteroatoms. The van der Waals surface area contributed by atoms with Crippen LogP contribution in [0.1, 0.15) is 41.8 Å². The summed E-state index contributed by atoms with van der Waals surface area (Å²) in [4.78, 5) is 0. The summed E-state index contributed by atoms with van der Waals surface area (Å²) in [5.74, 6) is -0.132. The topological polar surface area (TPSA) is 116 Å². The third-order valence-electron chi connectivity index (χ3n) is 4.18. The molecule has 9 nitrogen and oxygen atoms in total. The van der Waals surface area contributed by atoms with Crippen molar-refractivity contribution in [1.29, 1.82) is 0 Å². The van der Waals surface area contributed by atoms with Crippen molar-refractivity contribution < 1.29 is 65.3 Å². The fourth-order valence-electron chi connectivity index (χ4n) is 2.41. The summed E-state index contributed by atoms with van der Waals surface area (Å²) in [5.41, 5.74) is 0. The van der Waals surface area contributed by atoms with Crippen LogP contribution in [0, 0.1) is 12.8 Å². The summed E-state index contributed by atoms with van der Waals surface area (Å²) in [5, 5.41) is 26.4. The molecule has 3 saturated heterocycles. The van der Waals surface area contributed by atoms with E-state index in [1.165, 1.54) is 6.42 Å². The van der Waals surface area contributed by atoms with Gasteiger partial charge in [-0.1, -0.05) is 13.3 Å². The van der Waals surface area contributed by atoms with Crippen LogP contribution >= 0.6 is 0 Å². The van der Waals surface area contributed by atoms with Crippen molar-refractivity contribution >= 4 is 0 Å². The van der Waals surface area contributed by atoms with Gasteiger partial charge in [0.05, 0.1) is 46.4 Å². The van der Waals surface area contributed by atoms with Gasteiger partial charge in [-0.15, -0.1) is 0 Å². The molecule has 3 fully saturated rings. The number of unbranched alkanes of at least 4 members (excludes halogenated alkanes) is 1. The molecule has 3 N–H and O–H groups in total. The largest absolute Gasteiger partial charge is 1.00 e. The average Bonchev–Trinajstić information content (AvgIpc) is 3.61. The Morgan fingerprint density at radius 1 is 0.938 bits per heavy atom. The molecule has 5 atom stereocenters. The van der Waals surface area contributed by atoms with E-state index in [2.05, 4.69) is 28.1 Å². The number of aliphatic hydroxyl groups is 3. The Hall–Kier alpha value is -0.603. The summed E-state index contributed by atoms with van der Waals surface area (Å²) in [6.07, 6.45) is 7.43. The normalized spacial score (nSPS) is 34.3. The van der Waals surface area contributed by atoms with E-state index >= 15 is 0 Å². The van der Waals surface area contributed by atoms with Crippen molar-refractivity contribution in [2.45, 2.75) is 64.0 Å². The van der Waals surface area contributed by atoms with E-state index in [1.807, 2.05) is 6.08 Å². The van der Waals surface area contributed by atoms with Crippen LogP contribution < -0.4 is 18.9 Å².